The summed E-state index contributed by atoms with van der Waals surface area (Å²) in [7, 11) is -1.78. The molecular formula is C16H20F3N3O5S. The monoisotopic (exact) mass is 423 g/mol. The number of alkyl halides is 3. The van der Waals surface area contributed by atoms with Crippen molar-refractivity contribution < 1.29 is 36.2 Å². The molecule has 0 aromatic heterocycles. The van der Waals surface area contributed by atoms with Crippen LogP contribution in [-0.2, 0) is 16.4 Å². The summed E-state index contributed by atoms with van der Waals surface area (Å²) in [5, 5.41) is 14.3. The molecule has 1 aliphatic heterocycles. The summed E-state index contributed by atoms with van der Waals surface area (Å²) in [4.78, 5) is 3.46. The lowest BCUT2D eigenvalue weighted by atomic mass is 10.2. The first-order valence-electron chi connectivity index (χ1n) is 7.91. The van der Waals surface area contributed by atoms with Gasteiger partial charge in [-0.15, -0.1) is 0 Å². The molecule has 3 N–H and O–H groups in total. The van der Waals surface area contributed by atoms with Crippen LogP contribution in [0.15, 0.2) is 35.1 Å². The van der Waals surface area contributed by atoms with E-state index in [-0.39, 0.29) is 12.2 Å². The topological polar surface area (TPSA) is 109 Å². The van der Waals surface area contributed by atoms with Crippen molar-refractivity contribution in [3.63, 3.8) is 0 Å². The zero-order valence-electron chi connectivity index (χ0n) is 15.3. The molecule has 0 aliphatic carbocycles. The Morgan fingerprint density at radius 3 is 2.50 bits per heavy atom. The van der Waals surface area contributed by atoms with Crippen molar-refractivity contribution in [1.82, 2.24) is 10.6 Å². The minimum absolute atomic E-state index is 0.103. The second-order valence-corrected chi connectivity index (χ2v) is 7.97. The van der Waals surface area contributed by atoms with Gasteiger partial charge in [0.05, 0.1) is 19.9 Å². The van der Waals surface area contributed by atoms with Crippen molar-refractivity contribution in [2.45, 2.75) is 25.4 Å². The van der Waals surface area contributed by atoms with Gasteiger partial charge >= 0.3 is 6.18 Å². The maximum Gasteiger partial charge on any atom is 0.403 e. The maximum atomic E-state index is 12.4. The molecule has 0 saturated carbocycles. The molecule has 2 rings (SSSR count). The van der Waals surface area contributed by atoms with Gasteiger partial charge < -0.3 is 25.2 Å². The van der Waals surface area contributed by atoms with E-state index >= 15 is 0 Å². The van der Waals surface area contributed by atoms with Crippen LogP contribution in [0.5, 0.6) is 11.5 Å². The SMILES string of the molecule is COc1ccc(CN/C=C2/NC(S(=O)(=O)CC(F)(F)F)=NC2(C)O)cc1OC. The number of aliphatic imine (C=N–C) groups is 1. The van der Waals surface area contributed by atoms with Gasteiger partial charge in [-0.25, -0.2) is 13.4 Å². The molecule has 0 bridgehead atoms. The lowest BCUT2D eigenvalue weighted by Crippen LogP contribution is -2.35. The third-order valence-corrected chi connectivity index (χ3v) is 5.21. The first-order valence-corrected chi connectivity index (χ1v) is 9.57. The number of sulfone groups is 1. The van der Waals surface area contributed by atoms with E-state index < -0.39 is 32.7 Å². The van der Waals surface area contributed by atoms with Crippen LogP contribution in [0.3, 0.4) is 0 Å². The summed E-state index contributed by atoms with van der Waals surface area (Å²) in [6, 6.07) is 5.15. The fourth-order valence-corrected chi connectivity index (χ4v) is 3.53. The number of methoxy groups -OCH3 is 2. The van der Waals surface area contributed by atoms with E-state index in [2.05, 4.69) is 15.6 Å². The van der Waals surface area contributed by atoms with Gasteiger partial charge in [-0.3, -0.25) is 0 Å². The van der Waals surface area contributed by atoms with Gasteiger partial charge in [0.1, 0.15) is 0 Å². The van der Waals surface area contributed by atoms with Gasteiger partial charge in [0.15, 0.2) is 23.0 Å². The molecule has 28 heavy (non-hydrogen) atoms. The van der Waals surface area contributed by atoms with Gasteiger partial charge in [0.2, 0.25) is 15.0 Å². The second-order valence-electron chi connectivity index (χ2n) is 6.07. The summed E-state index contributed by atoms with van der Waals surface area (Å²) in [6.45, 7) is 1.41. The van der Waals surface area contributed by atoms with Crippen LogP contribution in [0.25, 0.3) is 0 Å². The Bertz CT molecular complexity index is 895. The third-order valence-electron chi connectivity index (χ3n) is 3.72. The smallest absolute Gasteiger partial charge is 0.403 e. The number of halogens is 3. The summed E-state index contributed by atoms with van der Waals surface area (Å²) < 4.78 is 71.2. The van der Waals surface area contributed by atoms with Crippen LogP contribution in [0.2, 0.25) is 0 Å². The number of ether oxygens (including phenoxy) is 2. The number of hydrogen-bond donors (Lipinski definition) is 3. The Morgan fingerprint density at radius 1 is 1.29 bits per heavy atom. The van der Waals surface area contributed by atoms with Crippen molar-refractivity contribution in [2.75, 3.05) is 20.0 Å². The summed E-state index contributed by atoms with van der Waals surface area (Å²) in [5.74, 6) is -1.03. The van der Waals surface area contributed by atoms with Crippen molar-refractivity contribution >= 4 is 15.0 Å². The number of rotatable bonds is 6. The van der Waals surface area contributed by atoms with E-state index in [0.29, 0.717) is 11.5 Å². The molecule has 0 spiro atoms. The van der Waals surface area contributed by atoms with Crippen LogP contribution >= 0.6 is 0 Å². The minimum Gasteiger partial charge on any atom is -0.493 e. The average Bonchev–Trinajstić information content (AvgIpc) is 2.88. The molecule has 156 valence electrons. The van der Waals surface area contributed by atoms with Gasteiger partial charge in [-0.2, -0.15) is 13.2 Å². The first-order chi connectivity index (χ1) is 12.9. The van der Waals surface area contributed by atoms with Gasteiger partial charge in [0.25, 0.3) is 0 Å². The molecule has 0 amide bonds. The van der Waals surface area contributed by atoms with Crippen molar-refractivity contribution in [1.29, 1.82) is 0 Å². The molecule has 1 unspecified atom stereocenters. The zero-order valence-corrected chi connectivity index (χ0v) is 16.1. The van der Waals surface area contributed by atoms with Crippen LogP contribution in [-0.4, -0.2) is 50.6 Å². The number of hydrogen-bond acceptors (Lipinski definition) is 8. The van der Waals surface area contributed by atoms with Crippen molar-refractivity contribution in [3.8, 4) is 11.5 Å². The first kappa shape index (κ1) is 21.8. The maximum absolute atomic E-state index is 12.4. The van der Waals surface area contributed by atoms with Crippen LogP contribution in [0.4, 0.5) is 13.2 Å². The average molecular weight is 423 g/mol. The van der Waals surface area contributed by atoms with Gasteiger partial charge in [0, 0.05) is 12.7 Å². The van der Waals surface area contributed by atoms with E-state index in [1.54, 1.807) is 18.2 Å². The Morgan fingerprint density at radius 2 is 1.93 bits per heavy atom. The minimum atomic E-state index is -4.92. The lowest BCUT2D eigenvalue weighted by Gasteiger charge is -2.15. The van der Waals surface area contributed by atoms with E-state index in [9.17, 15) is 26.7 Å². The molecule has 1 heterocycles. The van der Waals surface area contributed by atoms with E-state index in [4.69, 9.17) is 9.47 Å². The Hall–Kier alpha value is -2.47. The largest absolute Gasteiger partial charge is 0.493 e. The molecule has 1 aliphatic rings. The highest BCUT2D eigenvalue weighted by Crippen LogP contribution is 2.28. The van der Waals surface area contributed by atoms with Crippen LogP contribution in [0.1, 0.15) is 12.5 Å². The highest BCUT2D eigenvalue weighted by atomic mass is 32.2. The number of nitrogens with one attached hydrogen (secondary N) is 2. The highest BCUT2D eigenvalue weighted by Gasteiger charge is 2.43. The predicted molar refractivity (Wildman–Crippen MR) is 95.5 cm³/mol. The number of aliphatic hydroxyl groups is 1. The molecule has 1 aromatic carbocycles. The fraction of sp³-hybridized carbons (Fsp3) is 0.438. The van der Waals surface area contributed by atoms with Gasteiger partial charge in [-0.1, -0.05) is 6.07 Å². The van der Waals surface area contributed by atoms with Crippen molar-refractivity contribution in [2.24, 2.45) is 4.99 Å². The zero-order chi connectivity index (χ0) is 21.2. The highest BCUT2D eigenvalue weighted by molar-refractivity contribution is 8.06. The van der Waals surface area contributed by atoms with Crippen molar-refractivity contribution in [3.05, 3.63) is 35.7 Å². The number of amidine groups is 1. The summed E-state index contributed by atoms with van der Waals surface area (Å²) >= 11 is 0. The summed E-state index contributed by atoms with van der Waals surface area (Å²) in [6.07, 6.45) is -3.68. The summed E-state index contributed by atoms with van der Waals surface area (Å²) in [5.41, 5.74) is -1.34. The molecule has 0 saturated heterocycles. The number of benzene rings is 1. The molecule has 0 radical (unpaired) electrons. The molecular weight excluding hydrogens is 403 g/mol. The van der Waals surface area contributed by atoms with E-state index in [0.717, 1.165) is 12.5 Å². The van der Waals surface area contributed by atoms with Crippen LogP contribution in [0, 0.1) is 0 Å². The lowest BCUT2D eigenvalue weighted by molar-refractivity contribution is -0.106. The predicted octanol–water partition coefficient (Wildman–Crippen LogP) is 1.28. The molecule has 8 nitrogen and oxygen atoms in total. The van der Waals surface area contributed by atoms with E-state index in [1.807, 2.05) is 0 Å². The van der Waals surface area contributed by atoms with E-state index in [1.165, 1.54) is 20.4 Å². The normalized spacial score (nSPS) is 21.2. The standard InChI is InChI=1S/C16H20F3N3O5S/c1-15(23)13(21-14(22-15)28(24,25)9-16(17,18)19)8-20-7-10-4-5-11(26-2)12(6-10)27-3/h4-6,8,20,23H,7,9H2,1-3H3,(H,21,22)/b13-8+. The quantitative estimate of drug-likeness (QED) is 0.632. The van der Waals surface area contributed by atoms with Crippen LogP contribution < -0.4 is 20.1 Å². The van der Waals surface area contributed by atoms with Gasteiger partial charge in [-0.05, 0) is 24.6 Å². The number of nitrogens with zero attached hydrogens (tertiary/aromatic N) is 1. The molecule has 1 aromatic rings. The Kier molecular flexibility index (Phi) is 6.14. The second kappa shape index (κ2) is 7.87. The Labute approximate surface area is 160 Å². The Balaban J connectivity index is 2.10. The third kappa shape index (κ3) is 5.29. The molecule has 12 heteroatoms. The fourth-order valence-electron chi connectivity index (χ4n) is 2.38. The molecule has 1 atom stereocenters. The molecule has 0 fully saturated rings.